The maximum atomic E-state index is 12.4. The summed E-state index contributed by atoms with van der Waals surface area (Å²) < 4.78 is 5.70. The van der Waals surface area contributed by atoms with Gasteiger partial charge in [0.05, 0.1) is 0 Å². The molecule has 0 fully saturated rings. The van der Waals surface area contributed by atoms with Gasteiger partial charge in [0.2, 0.25) is 0 Å². The number of hydrogen-bond donors (Lipinski definition) is 1. The molecule has 2 aromatic carbocycles. The van der Waals surface area contributed by atoms with Crippen LogP contribution in [0.4, 0.5) is 5.69 Å². The highest BCUT2D eigenvalue weighted by Gasteiger charge is 2.15. The number of rotatable bonds is 2. The largest absolute Gasteiger partial charge is 0.451 e. The average Bonchev–Trinajstić information content (AvgIpc) is 2.88. The first-order chi connectivity index (χ1) is 10.1. The molecule has 1 amide bonds. The lowest BCUT2D eigenvalue weighted by Crippen LogP contribution is -2.12. The number of furan rings is 1. The van der Waals surface area contributed by atoms with Gasteiger partial charge in [0, 0.05) is 11.1 Å². The molecule has 0 saturated heterocycles. The molecule has 0 unspecified atom stereocenters. The second-order valence-electron chi connectivity index (χ2n) is 5.32. The fourth-order valence-electron chi connectivity index (χ4n) is 2.51. The van der Waals surface area contributed by atoms with E-state index in [1.807, 2.05) is 57.2 Å². The zero-order valence-electron chi connectivity index (χ0n) is 12.4. The second-order valence-corrected chi connectivity index (χ2v) is 5.32. The van der Waals surface area contributed by atoms with E-state index in [1.54, 1.807) is 6.07 Å². The van der Waals surface area contributed by atoms with E-state index in [9.17, 15) is 4.79 Å². The summed E-state index contributed by atoms with van der Waals surface area (Å²) in [6, 6.07) is 13.6. The Bertz CT molecular complexity index is 810. The number of carbonyl (C=O) groups excluding carboxylic acids is 1. The molecule has 21 heavy (non-hydrogen) atoms. The highest BCUT2D eigenvalue weighted by molar-refractivity contribution is 6.05. The van der Waals surface area contributed by atoms with Gasteiger partial charge in [0.15, 0.2) is 5.76 Å². The van der Waals surface area contributed by atoms with Crippen molar-refractivity contribution in [2.24, 2.45) is 0 Å². The smallest absolute Gasteiger partial charge is 0.291 e. The minimum atomic E-state index is -0.219. The lowest BCUT2D eigenvalue weighted by Gasteiger charge is -2.10. The van der Waals surface area contributed by atoms with E-state index in [4.69, 9.17) is 4.42 Å². The Hall–Kier alpha value is -2.55. The van der Waals surface area contributed by atoms with Crippen molar-refractivity contribution in [2.45, 2.75) is 20.8 Å². The third-order valence-corrected chi connectivity index (χ3v) is 3.68. The van der Waals surface area contributed by atoms with Crippen molar-refractivity contribution in [3.8, 4) is 0 Å². The Kier molecular flexibility index (Phi) is 3.26. The van der Waals surface area contributed by atoms with Crippen LogP contribution in [0.15, 0.2) is 46.9 Å². The maximum absolute atomic E-state index is 12.4. The van der Waals surface area contributed by atoms with Crippen molar-refractivity contribution in [2.75, 3.05) is 5.32 Å². The molecular formula is C18H17NO2. The molecule has 106 valence electrons. The zero-order chi connectivity index (χ0) is 15.0. The van der Waals surface area contributed by atoms with Crippen LogP contribution in [0.2, 0.25) is 0 Å². The molecule has 1 heterocycles. The van der Waals surface area contributed by atoms with E-state index in [0.717, 1.165) is 33.3 Å². The Labute approximate surface area is 123 Å². The molecule has 0 aliphatic carbocycles. The maximum Gasteiger partial charge on any atom is 0.291 e. The van der Waals surface area contributed by atoms with Gasteiger partial charge in [0.25, 0.3) is 5.91 Å². The van der Waals surface area contributed by atoms with Crippen molar-refractivity contribution >= 4 is 22.6 Å². The monoisotopic (exact) mass is 279 g/mol. The molecule has 1 N–H and O–H groups in total. The van der Waals surface area contributed by atoms with Crippen LogP contribution in [0.3, 0.4) is 0 Å². The summed E-state index contributed by atoms with van der Waals surface area (Å²) in [5.41, 5.74) is 4.72. The summed E-state index contributed by atoms with van der Waals surface area (Å²) in [5.74, 6) is 0.116. The summed E-state index contributed by atoms with van der Waals surface area (Å²) >= 11 is 0. The van der Waals surface area contributed by atoms with Crippen LogP contribution < -0.4 is 5.32 Å². The topological polar surface area (TPSA) is 42.2 Å². The van der Waals surface area contributed by atoms with Gasteiger partial charge < -0.3 is 9.73 Å². The van der Waals surface area contributed by atoms with Crippen molar-refractivity contribution in [3.63, 3.8) is 0 Å². The summed E-state index contributed by atoms with van der Waals surface area (Å²) in [4.78, 5) is 12.4. The van der Waals surface area contributed by atoms with Gasteiger partial charge in [-0.2, -0.15) is 0 Å². The van der Waals surface area contributed by atoms with Crippen LogP contribution in [0, 0.1) is 20.8 Å². The first-order valence-electron chi connectivity index (χ1n) is 6.93. The Morgan fingerprint density at radius 1 is 0.952 bits per heavy atom. The normalized spacial score (nSPS) is 10.8. The molecule has 3 heteroatoms. The first kappa shape index (κ1) is 13.4. The first-order valence-corrected chi connectivity index (χ1v) is 6.93. The van der Waals surface area contributed by atoms with Crippen molar-refractivity contribution in [1.82, 2.24) is 0 Å². The highest BCUT2D eigenvalue weighted by Crippen LogP contribution is 2.25. The van der Waals surface area contributed by atoms with Crippen LogP contribution in [0.1, 0.15) is 27.2 Å². The number of benzene rings is 2. The Balaban J connectivity index is 1.96. The Morgan fingerprint density at radius 3 is 2.24 bits per heavy atom. The van der Waals surface area contributed by atoms with E-state index < -0.39 is 0 Å². The molecule has 1 aromatic heterocycles. The molecule has 0 aliphatic rings. The van der Waals surface area contributed by atoms with Gasteiger partial charge in [-0.15, -0.1) is 0 Å². The van der Waals surface area contributed by atoms with E-state index in [2.05, 4.69) is 5.32 Å². The van der Waals surface area contributed by atoms with Gasteiger partial charge >= 0.3 is 0 Å². The fourth-order valence-corrected chi connectivity index (χ4v) is 2.51. The summed E-state index contributed by atoms with van der Waals surface area (Å²) in [6.45, 7) is 5.93. The summed E-state index contributed by atoms with van der Waals surface area (Å²) in [7, 11) is 0. The minimum absolute atomic E-state index is 0.219. The van der Waals surface area contributed by atoms with Crippen molar-refractivity contribution in [3.05, 3.63) is 64.9 Å². The molecule has 0 bridgehead atoms. The molecule has 0 saturated carbocycles. The van der Waals surface area contributed by atoms with Gasteiger partial charge in [-0.1, -0.05) is 36.4 Å². The molecule has 0 radical (unpaired) electrons. The fraction of sp³-hybridized carbons (Fsp3) is 0.167. The summed E-state index contributed by atoms with van der Waals surface area (Å²) in [6.07, 6.45) is 0. The van der Waals surface area contributed by atoms with Crippen LogP contribution in [0.5, 0.6) is 0 Å². The number of anilines is 1. The molecule has 3 aromatic rings. The predicted octanol–water partition coefficient (Wildman–Crippen LogP) is 4.61. The number of amides is 1. The predicted molar refractivity (Wildman–Crippen MR) is 84.8 cm³/mol. The number of nitrogens with one attached hydrogen (secondary N) is 1. The third-order valence-electron chi connectivity index (χ3n) is 3.68. The number of aryl methyl sites for hydroxylation is 3. The number of fused-ring (bicyclic) bond motifs is 1. The molecule has 0 atom stereocenters. The van der Waals surface area contributed by atoms with E-state index in [-0.39, 0.29) is 5.91 Å². The SMILES string of the molecule is Cc1cccc(C)c1NC(=O)c1cc2cccc(C)c2o1. The number of carbonyl (C=O) groups is 1. The Morgan fingerprint density at radius 2 is 1.57 bits per heavy atom. The third kappa shape index (κ3) is 2.42. The van der Waals surface area contributed by atoms with Gasteiger partial charge in [-0.25, -0.2) is 0 Å². The highest BCUT2D eigenvalue weighted by atomic mass is 16.3. The lowest BCUT2D eigenvalue weighted by atomic mass is 10.1. The number of hydrogen-bond acceptors (Lipinski definition) is 2. The molecular weight excluding hydrogens is 262 g/mol. The average molecular weight is 279 g/mol. The van der Waals surface area contributed by atoms with Crippen molar-refractivity contribution in [1.29, 1.82) is 0 Å². The van der Waals surface area contributed by atoms with Crippen LogP contribution in [-0.4, -0.2) is 5.91 Å². The van der Waals surface area contributed by atoms with Crippen molar-refractivity contribution < 1.29 is 9.21 Å². The van der Waals surface area contributed by atoms with Gasteiger partial charge in [-0.05, 0) is 43.5 Å². The van der Waals surface area contributed by atoms with E-state index in [1.165, 1.54) is 0 Å². The van der Waals surface area contributed by atoms with Crippen LogP contribution in [-0.2, 0) is 0 Å². The molecule has 0 aliphatic heterocycles. The van der Waals surface area contributed by atoms with Crippen LogP contribution in [0.25, 0.3) is 11.0 Å². The zero-order valence-corrected chi connectivity index (χ0v) is 12.4. The number of para-hydroxylation sites is 2. The van der Waals surface area contributed by atoms with Gasteiger partial charge in [0.1, 0.15) is 5.58 Å². The lowest BCUT2D eigenvalue weighted by molar-refractivity contribution is 0.0998. The molecule has 3 rings (SSSR count). The van der Waals surface area contributed by atoms with E-state index >= 15 is 0 Å². The summed E-state index contributed by atoms with van der Waals surface area (Å²) in [5, 5.41) is 3.89. The standard InChI is InChI=1S/C18H17NO2/c1-11-6-4-7-12(2)16(11)19-18(20)15-10-14-9-5-8-13(3)17(14)21-15/h4-10H,1-3H3,(H,19,20). The molecule has 3 nitrogen and oxygen atoms in total. The second kappa shape index (κ2) is 5.09. The van der Waals surface area contributed by atoms with Gasteiger partial charge in [-0.3, -0.25) is 4.79 Å². The van der Waals surface area contributed by atoms with E-state index in [0.29, 0.717) is 5.76 Å². The van der Waals surface area contributed by atoms with Crippen LogP contribution >= 0.6 is 0 Å². The quantitative estimate of drug-likeness (QED) is 0.744. The molecule has 0 spiro atoms. The minimum Gasteiger partial charge on any atom is -0.451 e.